The molecule has 0 bridgehead atoms. The van der Waals surface area contributed by atoms with Gasteiger partial charge >= 0.3 is 0 Å². The second kappa shape index (κ2) is 12.0. The average Bonchev–Trinajstić information content (AvgIpc) is 3.24. The molecule has 1 N–H and O–H groups in total. The van der Waals surface area contributed by atoms with Gasteiger partial charge in [0.05, 0.1) is 19.3 Å². The normalized spacial score (nSPS) is 37.4. The minimum Gasteiger partial charge on any atom is -0.414 e. The van der Waals surface area contributed by atoms with E-state index in [0.717, 1.165) is 44.1 Å². The van der Waals surface area contributed by atoms with Crippen LogP contribution in [0.25, 0.3) is 0 Å². The maximum absolute atomic E-state index is 13.0. The van der Waals surface area contributed by atoms with E-state index in [9.17, 15) is 5.11 Å². The van der Waals surface area contributed by atoms with Crippen LogP contribution in [0.4, 0.5) is 0 Å². The summed E-state index contributed by atoms with van der Waals surface area (Å²) in [5.41, 5.74) is 1.77. The summed E-state index contributed by atoms with van der Waals surface area (Å²) >= 11 is 0. The SMILES string of the molecule is CC(C)(C)[Si](C)(C)O[C@H]1CC[C@@]2(C)C(=C[C@](O)(COCc3ccccc3)[C@H]3[C@@H]4CC[C@H](O[Si](C)(C)C(C)(C)C)[C@@]4(C)CC[C@@H]32)C1. The van der Waals surface area contributed by atoms with E-state index in [4.69, 9.17) is 13.6 Å². The smallest absolute Gasteiger partial charge is 0.192 e. The van der Waals surface area contributed by atoms with Crippen molar-refractivity contribution in [1.82, 2.24) is 0 Å². The van der Waals surface area contributed by atoms with Crippen molar-refractivity contribution in [3.05, 3.63) is 47.5 Å². The number of hydrogen-bond donors (Lipinski definition) is 1. The van der Waals surface area contributed by atoms with Crippen molar-refractivity contribution >= 4 is 16.6 Å². The Balaban J connectivity index is 1.47. The van der Waals surface area contributed by atoms with Crippen LogP contribution in [0, 0.1) is 28.6 Å². The fourth-order valence-corrected chi connectivity index (χ4v) is 12.1. The molecule has 1 aromatic carbocycles. The van der Waals surface area contributed by atoms with Crippen LogP contribution in [0.3, 0.4) is 0 Å². The standard InChI is InChI=1S/C39H66O4Si2/c1-35(2,3)44(9,10)42-30-20-22-37(7)29(24-30)25-39(40,27-41-26-28-16-14-13-15-17-28)34-31-18-19-33(38(31,8)23-21-32(34)37)43-45(11,12)36(4,5)6/h13-17,25,30-34,40H,18-24,26-27H2,1-12H3/t30-,31-,32-,33-,34-,37-,38-,39-/m0/s1. The molecule has 0 aliphatic heterocycles. The summed E-state index contributed by atoms with van der Waals surface area (Å²) in [6, 6.07) is 10.4. The monoisotopic (exact) mass is 654 g/mol. The molecule has 0 amide bonds. The number of benzene rings is 1. The van der Waals surface area contributed by atoms with Gasteiger partial charge in [-0.05, 0) is 109 Å². The molecule has 0 unspecified atom stereocenters. The molecule has 0 radical (unpaired) electrons. The largest absolute Gasteiger partial charge is 0.414 e. The van der Waals surface area contributed by atoms with Gasteiger partial charge < -0.3 is 18.7 Å². The molecular formula is C39H66O4Si2. The molecule has 1 aromatic rings. The molecule has 3 saturated carbocycles. The third kappa shape index (κ3) is 6.51. The van der Waals surface area contributed by atoms with Crippen LogP contribution in [0.2, 0.25) is 36.3 Å². The van der Waals surface area contributed by atoms with E-state index in [0.29, 0.717) is 25.0 Å². The summed E-state index contributed by atoms with van der Waals surface area (Å²) < 4.78 is 20.7. The highest BCUT2D eigenvalue weighted by atomic mass is 28.4. The van der Waals surface area contributed by atoms with E-state index in [-0.39, 0.29) is 39.0 Å². The molecule has 0 heterocycles. The average molecular weight is 655 g/mol. The Bertz CT molecular complexity index is 1230. The molecule has 254 valence electrons. The van der Waals surface area contributed by atoms with E-state index in [1.165, 1.54) is 12.0 Å². The lowest BCUT2D eigenvalue weighted by atomic mass is 9.45. The van der Waals surface area contributed by atoms with Gasteiger partial charge in [-0.1, -0.05) is 97.4 Å². The number of hydrogen-bond acceptors (Lipinski definition) is 4. The molecule has 3 fully saturated rings. The maximum atomic E-state index is 13.0. The predicted molar refractivity (Wildman–Crippen MR) is 192 cm³/mol. The van der Waals surface area contributed by atoms with E-state index >= 15 is 0 Å². The lowest BCUT2D eigenvalue weighted by Gasteiger charge is -2.62. The van der Waals surface area contributed by atoms with Gasteiger partial charge in [-0.15, -0.1) is 0 Å². The molecule has 0 saturated heterocycles. The third-order valence-electron chi connectivity index (χ3n) is 14.1. The molecule has 4 aliphatic carbocycles. The zero-order valence-corrected chi connectivity index (χ0v) is 32.9. The zero-order chi connectivity index (χ0) is 33.3. The van der Waals surface area contributed by atoms with Crippen LogP contribution in [-0.4, -0.2) is 46.2 Å². The van der Waals surface area contributed by atoms with Crippen molar-refractivity contribution < 1.29 is 18.7 Å². The van der Waals surface area contributed by atoms with Gasteiger partial charge in [-0.2, -0.15) is 0 Å². The van der Waals surface area contributed by atoms with Crippen LogP contribution in [0.1, 0.15) is 106 Å². The van der Waals surface area contributed by atoms with Gasteiger partial charge in [0.1, 0.15) is 5.60 Å². The van der Waals surface area contributed by atoms with E-state index < -0.39 is 22.2 Å². The van der Waals surface area contributed by atoms with Crippen molar-refractivity contribution in [3.8, 4) is 0 Å². The quantitative estimate of drug-likeness (QED) is 0.224. The van der Waals surface area contributed by atoms with Gasteiger partial charge in [-0.25, -0.2) is 0 Å². The first-order valence-corrected chi connectivity index (χ1v) is 23.9. The second-order valence-corrected chi connectivity index (χ2v) is 28.5. The Hall–Kier alpha value is -0.766. The summed E-state index contributed by atoms with van der Waals surface area (Å²) in [5, 5.41) is 13.4. The predicted octanol–water partition coefficient (Wildman–Crippen LogP) is 10.3. The van der Waals surface area contributed by atoms with Crippen molar-refractivity contribution in [3.63, 3.8) is 0 Å². The highest BCUT2D eigenvalue weighted by molar-refractivity contribution is 6.74. The van der Waals surface area contributed by atoms with Gasteiger partial charge in [0.15, 0.2) is 16.6 Å². The summed E-state index contributed by atoms with van der Waals surface area (Å²) in [6.07, 6.45) is 10.6. The summed E-state index contributed by atoms with van der Waals surface area (Å²) in [4.78, 5) is 0. The van der Waals surface area contributed by atoms with E-state index in [1.807, 2.05) is 6.07 Å². The molecule has 0 aromatic heterocycles. The van der Waals surface area contributed by atoms with Crippen molar-refractivity contribution in [2.45, 2.75) is 161 Å². The molecule has 6 heteroatoms. The first-order chi connectivity index (χ1) is 20.6. The topological polar surface area (TPSA) is 47.9 Å². The fourth-order valence-electron chi connectivity index (χ4n) is 9.22. The number of rotatable bonds is 8. The molecule has 45 heavy (non-hydrogen) atoms. The van der Waals surface area contributed by atoms with E-state index in [2.05, 4.69) is 112 Å². The Morgan fingerprint density at radius 2 is 1.42 bits per heavy atom. The Morgan fingerprint density at radius 3 is 2.04 bits per heavy atom. The fraction of sp³-hybridized carbons (Fsp3) is 0.795. The second-order valence-electron chi connectivity index (χ2n) is 19.0. The third-order valence-corrected chi connectivity index (χ3v) is 23.1. The Kier molecular flexibility index (Phi) is 9.46. The highest BCUT2D eigenvalue weighted by Crippen LogP contribution is 2.67. The van der Waals surface area contributed by atoms with Crippen molar-refractivity contribution in [1.29, 1.82) is 0 Å². The van der Waals surface area contributed by atoms with E-state index in [1.54, 1.807) is 0 Å². The minimum atomic E-state index is -1.92. The molecule has 4 aliphatic rings. The van der Waals surface area contributed by atoms with Crippen LogP contribution in [-0.2, 0) is 20.2 Å². The van der Waals surface area contributed by atoms with Crippen LogP contribution in [0.5, 0.6) is 0 Å². The highest BCUT2D eigenvalue weighted by Gasteiger charge is 2.65. The lowest BCUT2D eigenvalue weighted by molar-refractivity contribution is -0.165. The summed E-state index contributed by atoms with van der Waals surface area (Å²) in [6.45, 7) is 29.6. The number of fused-ring (bicyclic) bond motifs is 5. The maximum Gasteiger partial charge on any atom is 0.192 e. The van der Waals surface area contributed by atoms with Crippen LogP contribution >= 0.6 is 0 Å². The van der Waals surface area contributed by atoms with Gasteiger partial charge in [0.2, 0.25) is 0 Å². The van der Waals surface area contributed by atoms with Gasteiger partial charge in [0.25, 0.3) is 0 Å². The zero-order valence-electron chi connectivity index (χ0n) is 30.9. The number of aliphatic hydroxyl groups is 1. The lowest BCUT2D eigenvalue weighted by Crippen LogP contribution is -2.62. The first-order valence-electron chi connectivity index (χ1n) is 18.0. The molecular weight excluding hydrogens is 589 g/mol. The summed E-state index contributed by atoms with van der Waals surface area (Å²) in [7, 11) is -3.82. The van der Waals surface area contributed by atoms with Crippen molar-refractivity contribution in [2.75, 3.05) is 6.61 Å². The minimum absolute atomic E-state index is 0.0778. The van der Waals surface area contributed by atoms with Gasteiger partial charge in [0, 0.05) is 12.0 Å². The Morgan fingerprint density at radius 1 is 0.800 bits per heavy atom. The van der Waals surface area contributed by atoms with Gasteiger partial charge in [-0.3, -0.25) is 0 Å². The molecule has 5 rings (SSSR count). The first kappa shape index (κ1) is 35.5. The van der Waals surface area contributed by atoms with Crippen LogP contribution in [0.15, 0.2) is 42.0 Å². The van der Waals surface area contributed by atoms with Crippen LogP contribution < -0.4 is 0 Å². The Labute approximate surface area is 278 Å². The molecule has 8 atom stereocenters. The number of ether oxygens (including phenoxy) is 1. The van der Waals surface area contributed by atoms with Crippen molar-refractivity contribution in [2.24, 2.45) is 28.6 Å². The molecule has 4 nitrogen and oxygen atoms in total. The molecule has 0 spiro atoms. The summed E-state index contributed by atoms with van der Waals surface area (Å²) in [5.74, 6) is 1.04.